The number of aliphatic hydroxyl groups is 1. The van der Waals surface area contributed by atoms with Gasteiger partial charge in [-0.3, -0.25) is 9.80 Å². The van der Waals surface area contributed by atoms with Crippen molar-refractivity contribution >= 4 is 11.0 Å². The number of hydrogen-bond donors (Lipinski definition) is 1. The molecule has 1 aliphatic rings. The van der Waals surface area contributed by atoms with Gasteiger partial charge < -0.3 is 9.52 Å². The van der Waals surface area contributed by atoms with Crippen LogP contribution in [0.2, 0.25) is 0 Å². The minimum atomic E-state index is 0.241. The van der Waals surface area contributed by atoms with Crippen LogP contribution in [0.25, 0.3) is 11.0 Å². The fraction of sp³-hybridized carbons (Fsp3) is 0.391. The number of fused-ring (bicyclic) bond motifs is 1. The first-order chi connectivity index (χ1) is 13.3. The highest BCUT2D eigenvalue weighted by atomic mass is 16.3. The summed E-state index contributed by atoms with van der Waals surface area (Å²) in [6, 6.07) is 21.4. The summed E-state index contributed by atoms with van der Waals surface area (Å²) in [5.41, 5.74) is 2.34. The number of benzene rings is 2. The van der Waals surface area contributed by atoms with Crippen LogP contribution in [-0.4, -0.2) is 53.7 Å². The normalized spacial score (nSPS) is 18.9. The minimum Gasteiger partial charge on any atom is -0.460 e. The number of nitrogens with zero attached hydrogens (tertiary/aromatic N) is 2. The molecule has 0 saturated carbocycles. The van der Waals surface area contributed by atoms with Gasteiger partial charge in [-0.25, -0.2) is 0 Å². The van der Waals surface area contributed by atoms with Crippen molar-refractivity contribution < 1.29 is 9.52 Å². The Bertz CT molecular complexity index is 813. The number of hydrogen-bond acceptors (Lipinski definition) is 4. The lowest BCUT2D eigenvalue weighted by atomic mass is 10.1. The second-order valence-electron chi connectivity index (χ2n) is 7.42. The van der Waals surface area contributed by atoms with Crippen LogP contribution < -0.4 is 0 Å². The molecule has 3 aromatic rings. The molecule has 0 amide bonds. The zero-order chi connectivity index (χ0) is 18.5. The molecular formula is C23H28N2O2. The van der Waals surface area contributed by atoms with E-state index in [-0.39, 0.29) is 6.61 Å². The summed E-state index contributed by atoms with van der Waals surface area (Å²) in [6.45, 7) is 5.18. The molecule has 1 saturated heterocycles. The van der Waals surface area contributed by atoms with Gasteiger partial charge in [-0.15, -0.1) is 0 Å². The Balaban J connectivity index is 1.36. The zero-order valence-electron chi connectivity index (χ0n) is 15.8. The van der Waals surface area contributed by atoms with E-state index >= 15 is 0 Å². The van der Waals surface area contributed by atoms with E-state index in [1.807, 2.05) is 18.2 Å². The molecule has 2 heterocycles. The maximum absolute atomic E-state index is 9.53. The minimum absolute atomic E-state index is 0.241. The highest BCUT2D eigenvalue weighted by molar-refractivity contribution is 5.77. The smallest absolute Gasteiger partial charge is 0.134 e. The Morgan fingerprint density at radius 1 is 1.00 bits per heavy atom. The van der Waals surface area contributed by atoms with Crippen LogP contribution in [-0.2, 0) is 13.0 Å². The van der Waals surface area contributed by atoms with Crippen molar-refractivity contribution in [1.29, 1.82) is 0 Å². The van der Waals surface area contributed by atoms with Gasteiger partial charge >= 0.3 is 0 Å². The molecule has 0 unspecified atom stereocenters. The lowest BCUT2D eigenvalue weighted by Crippen LogP contribution is -2.53. The van der Waals surface area contributed by atoms with Crippen LogP contribution in [0.3, 0.4) is 0 Å². The number of para-hydroxylation sites is 1. The van der Waals surface area contributed by atoms with Gasteiger partial charge in [0.1, 0.15) is 11.3 Å². The monoisotopic (exact) mass is 364 g/mol. The van der Waals surface area contributed by atoms with Gasteiger partial charge in [0, 0.05) is 44.2 Å². The third kappa shape index (κ3) is 4.59. The van der Waals surface area contributed by atoms with E-state index in [9.17, 15) is 5.11 Å². The number of furan rings is 1. The first kappa shape index (κ1) is 18.2. The summed E-state index contributed by atoms with van der Waals surface area (Å²) in [7, 11) is 0. The molecule has 2 aromatic carbocycles. The molecule has 0 bridgehead atoms. The second-order valence-corrected chi connectivity index (χ2v) is 7.42. The van der Waals surface area contributed by atoms with Crippen molar-refractivity contribution in [3.63, 3.8) is 0 Å². The van der Waals surface area contributed by atoms with Gasteiger partial charge in [-0.2, -0.15) is 0 Å². The van der Waals surface area contributed by atoms with Gasteiger partial charge in [0.05, 0.1) is 6.54 Å². The molecule has 1 atom stereocenters. The third-order valence-electron chi connectivity index (χ3n) is 5.54. The second kappa shape index (κ2) is 8.70. The largest absolute Gasteiger partial charge is 0.460 e. The highest BCUT2D eigenvalue weighted by Gasteiger charge is 2.26. The maximum atomic E-state index is 9.53. The molecule has 4 heteroatoms. The predicted molar refractivity (Wildman–Crippen MR) is 109 cm³/mol. The number of piperazine rings is 1. The Morgan fingerprint density at radius 2 is 1.81 bits per heavy atom. The van der Waals surface area contributed by atoms with Gasteiger partial charge in [0.2, 0.25) is 0 Å². The van der Waals surface area contributed by atoms with Gasteiger partial charge in [0.15, 0.2) is 0 Å². The lowest BCUT2D eigenvalue weighted by Gasteiger charge is -2.41. The molecule has 0 spiro atoms. The van der Waals surface area contributed by atoms with Gasteiger partial charge in [-0.05, 0) is 30.5 Å². The van der Waals surface area contributed by atoms with Crippen molar-refractivity contribution in [2.45, 2.75) is 25.4 Å². The van der Waals surface area contributed by atoms with E-state index in [0.717, 1.165) is 56.9 Å². The molecule has 27 heavy (non-hydrogen) atoms. The number of rotatable bonds is 7. The average molecular weight is 364 g/mol. The molecule has 1 aliphatic heterocycles. The average Bonchev–Trinajstić information content (AvgIpc) is 3.11. The molecule has 1 N–H and O–H groups in total. The van der Waals surface area contributed by atoms with Crippen LogP contribution in [0.5, 0.6) is 0 Å². The van der Waals surface area contributed by atoms with Crippen molar-refractivity contribution in [3.8, 4) is 0 Å². The van der Waals surface area contributed by atoms with Crippen molar-refractivity contribution in [1.82, 2.24) is 9.80 Å². The summed E-state index contributed by atoms with van der Waals surface area (Å²) in [4.78, 5) is 5.00. The van der Waals surface area contributed by atoms with Crippen LogP contribution in [0.1, 0.15) is 17.7 Å². The lowest BCUT2D eigenvalue weighted by molar-refractivity contribution is 0.0532. The number of aliphatic hydroxyl groups excluding tert-OH is 1. The van der Waals surface area contributed by atoms with E-state index in [1.54, 1.807) is 0 Å². The van der Waals surface area contributed by atoms with E-state index in [4.69, 9.17) is 4.42 Å². The molecule has 4 rings (SSSR count). The summed E-state index contributed by atoms with van der Waals surface area (Å²) in [6.07, 6.45) is 1.89. The summed E-state index contributed by atoms with van der Waals surface area (Å²) >= 11 is 0. The molecule has 1 aromatic heterocycles. The quantitative estimate of drug-likeness (QED) is 0.696. The SMILES string of the molecule is OCC[C@@H]1CN(Cc2cc3ccccc3o2)CCN1CCc1ccccc1. The summed E-state index contributed by atoms with van der Waals surface area (Å²) in [5, 5.41) is 10.7. The Labute approximate surface area is 161 Å². The van der Waals surface area contributed by atoms with Crippen molar-refractivity contribution in [3.05, 3.63) is 72.0 Å². The van der Waals surface area contributed by atoms with Gasteiger partial charge in [0.25, 0.3) is 0 Å². The Hall–Kier alpha value is -2.14. The van der Waals surface area contributed by atoms with E-state index in [0.29, 0.717) is 6.04 Å². The van der Waals surface area contributed by atoms with E-state index in [1.165, 1.54) is 10.9 Å². The van der Waals surface area contributed by atoms with Gasteiger partial charge in [-0.1, -0.05) is 48.5 Å². The van der Waals surface area contributed by atoms with Crippen molar-refractivity contribution in [2.24, 2.45) is 0 Å². The molecule has 4 nitrogen and oxygen atoms in total. The summed E-state index contributed by atoms with van der Waals surface area (Å²) < 4.78 is 5.99. The topological polar surface area (TPSA) is 39.9 Å². The van der Waals surface area contributed by atoms with Crippen molar-refractivity contribution in [2.75, 3.05) is 32.8 Å². The summed E-state index contributed by atoms with van der Waals surface area (Å²) in [5.74, 6) is 1.02. The van der Waals surface area contributed by atoms with Crippen LogP contribution in [0, 0.1) is 0 Å². The highest BCUT2D eigenvalue weighted by Crippen LogP contribution is 2.22. The fourth-order valence-electron chi connectivity index (χ4n) is 4.07. The van der Waals surface area contributed by atoms with E-state index in [2.05, 4.69) is 52.3 Å². The third-order valence-corrected chi connectivity index (χ3v) is 5.54. The molecule has 1 fully saturated rings. The molecular weight excluding hydrogens is 336 g/mol. The predicted octanol–water partition coefficient (Wildman–Crippen LogP) is 3.54. The first-order valence-corrected chi connectivity index (χ1v) is 9.90. The first-order valence-electron chi connectivity index (χ1n) is 9.90. The van der Waals surface area contributed by atoms with Crippen LogP contribution in [0.4, 0.5) is 0 Å². The van der Waals surface area contributed by atoms with Crippen LogP contribution in [0.15, 0.2) is 65.1 Å². The standard InChI is InChI=1S/C23H28N2O2/c26-15-11-21-17-24(18-22-16-20-8-4-5-9-23(20)27-22)13-14-25(21)12-10-19-6-2-1-3-7-19/h1-9,16,21,26H,10-15,17-18H2/t21-/m1/s1. The van der Waals surface area contributed by atoms with E-state index < -0.39 is 0 Å². The Morgan fingerprint density at radius 3 is 2.63 bits per heavy atom. The molecule has 0 aliphatic carbocycles. The maximum Gasteiger partial charge on any atom is 0.134 e. The Kier molecular flexibility index (Phi) is 5.87. The zero-order valence-corrected chi connectivity index (χ0v) is 15.8. The molecule has 142 valence electrons. The fourth-order valence-corrected chi connectivity index (χ4v) is 4.07. The van der Waals surface area contributed by atoms with Crippen LogP contribution >= 0.6 is 0 Å². The molecule has 0 radical (unpaired) electrons.